The second-order valence-electron chi connectivity index (χ2n) is 7.34. The Balaban J connectivity index is 1.47. The number of hydrogen-bond acceptors (Lipinski definition) is 4. The number of nitrogens with one attached hydrogen (secondary N) is 1. The molecule has 1 saturated heterocycles. The van der Waals surface area contributed by atoms with Gasteiger partial charge in [-0.3, -0.25) is 19.3 Å². The Morgan fingerprint density at radius 3 is 2.25 bits per heavy atom. The summed E-state index contributed by atoms with van der Waals surface area (Å²) in [6, 6.07) is 12.7. The van der Waals surface area contributed by atoms with Gasteiger partial charge >= 0.3 is 0 Å². The van der Waals surface area contributed by atoms with Gasteiger partial charge in [0, 0.05) is 24.5 Å². The quantitative estimate of drug-likeness (QED) is 0.831. The van der Waals surface area contributed by atoms with E-state index >= 15 is 0 Å². The predicted molar refractivity (Wildman–Crippen MR) is 108 cm³/mol. The van der Waals surface area contributed by atoms with Crippen LogP contribution in [-0.2, 0) is 4.79 Å². The number of aryl methyl sites for hydroxylation is 1. The van der Waals surface area contributed by atoms with Crippen LogP contribution in [0.25, 0.3) is 0 Å². The van der Waals surface area contributed by atoms with E-state index in [2.05, 4.69) is 16.3 Å². The van der Waals surface area contributed by atoms with Crippen molar-refractivity contribution in [2.24, 2.45) is 0 Å². The Hall–Kier alpha value is -3.15. The van der Waals surface area contributed by atoms with Crippen LogP contribution in [-0.4, -0.2) is 42.3 Å². The van der Waals surface area contributed by atoms with Crippen molar-refractivity contribution in [3.8, 4) is 0 Å². The number of carbonyl (C=O) groups is 3. The highest BCUT2D eigenvalue weighted by Gasteiger charge is 2.36. The molecule has 0 radical (unpaired) electrons. The van der Waals surface area contributed by atoms with Gasteiger partial charge in [-0.2, -0.15) is 0 Å². The standard InChI is InChI=1S/C22H23N3O3/c1-15-9-10-16(24-11-5-2-6-12-24)13-19(15)23-20(26)14-25-21(27)17-7-3-4-8-18(17)22(25)28/h3-4,7-10,13H,2,5-6,11-12,14H2,1H3,(H,23,26). The normalized spacial score (nSPS) is 16.3. The van der Waals surface area contributed by atoms with E-state index in [0.717, 1.165) is 29.2 Å². The lowest BCUT2D eigenvalue weighted by molar-refractivity contribution is -0.116. The summed E-state index contributed by atoms with van der Waals surface area (Å²) in [6.07, 6.45) is 3.61. The van der Waals surface area contributed by atoms with Crippen LogP contribution < -0.4 is 10.2 Å². The van der Waals surface area contributed by atoms with E-state index in [4.69, 9.17) is 0 Å². The van der Waals surface area contributed by atoms with Crippen molar-refractivity contribution in [3.63, 3.8) is 0 Å². The van der Waals surface area contributed by atoms with E-state index in [9.17, 15) is 14.4 Å². The second-order valence-corrected chi connectivity index (χ2v) is 7.34. The van der Waals surface area contributed by atoms with Crippen LogP contribution in [0.1, 0.15) is 45.5 Å². The van der Waals surface area contributed by atoms with E-state index in [0.29, 0.717) is 16.8 Å². The number of rotatable bonds is 4. The third-order valence-corrected chi connectivity index (χ3v) is 5.40. The number of piperidine rings is 1. The van der Waals surface area contributed by atoms with E-state index in [1.54, 1.807) is 24.3 Å². The van der Waals surface area contributed by atoms with Gasteiger partial charge in [-0.15, -0.1) is 0 Å². The minimum Gasteiger partial charge on any atom is -0.371 e. The summed E-state index contributed by atoms with van der Waals surface area (Å²) in [5.74, 6) is -1.22. The Bertz CT molecular complexity index is 913. The van der Waals surface area contributed by atoms with Crippen molar-refractivity contribution in [2.45, 2.75) is 26.2 Å². The average Bonchev–Trinajstić information content (AvgIpc) is 2.95. The van der Waals surface area contributed by atoms with Crippen LogP contribution in [0.4, 0.5) is 11.4 Å². The SMILES string of the molecule is Cc1ccc(N2CCCCC2)cc1NC(=O)CN1C(=O)c2ccccc2C1=O. The highest BCUT2D eigenvalue weighted by molar-refractivity contribution is 6.22. The molecule has 0 bridgehead atoms. The summed E-state index contributed by atoms with van der Waals surface area (Å²) in [5, 5.41) is 2.87. The minimum atomic E-state index is -0.422. The minimum absolute atomic E-state index is 0.292. The Morgan fingerprint density at radius 2 is 1.61 bits per heavy atom. The molecule has 1 N–H and O–H groups in total. The average molecular weight is 377 g/mol. The molecule has 4 rings (SSSR count). The van der Waals surface area contributed by atoms with Gasteiger partial charge in [0.15, 0.2) is 0 Å². The summed E-state index contributed by atoms with van der Waals surface area (Å²) >= 11 is 0. The van der Waals surface area contributed by atoms with Gasteiger partial charge in [0.1, 0.15) is 6.54 Å². The fourth-order valence-electron chi connectivity index (χ4n) is 3.81. The molecule has 2 aliphatic rings. The van der Waals surface area contributed by atoms with Gasteiger partial charge in [0.05, 0.1) is 11.1 Å². The first-order chi connectivity index (χ1) is 13.5. The Labute approximate surface area is 164 Å². The van der Waals surface area contributed by atoms with E-state index < -0.39 is 11.8 Å². The van der Waals surface area contributed by atoms with Crippen LogP contribution >= 0.6 is 0 Å². The monoisotopic (exact) mass is 377 g/mol. The molecule has 6 nitrogen and oxygen atoms in total. The second kappa shape index (κ2) is 7.46. The molecule has 1 fully saturated rings. The first-order valence-electron chi connectivity index (χ1n) is 9.65. The lowest BCUT2D eigenvalue weighted by atomic mass is 10.1. The van der Waals surface area contributed by atoms with E-state index in [-0.39, 0.29) is 12.5 Å². The zero-order chi connectivity index (χ0) is 19.7. The smallest absolute Gasteiger partial charge is 0.262 e. The van der Waals surface area contributed by atoms with Gasteiger partial charge < -0.3 is 10.2 Å². The van der Waals surface area contributed by atoms with Gasteiger partial charge in [-0.25, -0.2) is 0 Å². The predicted octanol–water partition coefficient (Wildman–Crippen LogP) is 3.22. The van der Waals surface area contributed by atoms with Crippen molar-refractivity contribution in [2.75, 3.05) is 29.9 Å². The number of benzene rings is 2. The molecule has 0 aromatic heterocycles. The molecule has 3 amide bonds. The number of nitrogens with zero attached hydrogens (tertiary/aromatic N) is 2. The summed E-state index contributed by atoms with van der Waals surface area (Å²) in [7, 11) is 0. The molecule has 2 aromatic carbocycles. The summed E-state index contributed by atoms with van der Waals surface area (Å²) in [6.45, 7) is 3.67. The first kappa shape index (κ1) is 18.2. The molecular formula is C22H23N3O3. The van der Waals surface area contributed by atoms with Crippen LogP contribution in [0.3, 0.4) is 0 Å². The van der Waals surface area contributed by atoms with Gasteiger partial charge in [0.25, 0.3) is 11.8 Å². The highest BCUT2D eigenvalue weighted by Crippen LogP contribution is 2.26. The van der Waals surface area contributed by atoms with Crippen molar-refractivity contribution in [1.82, 2.24) is 4.90 Å². The molecule has 0 atom stereocenters. The lowest BCUT2D eigenvalue weighted by Crippen LogP contribution is -2.37. The van der Waals surface area contributed by atoms with Crippen LogP contribution in [0.2, 0.25) is 0 Å². The summed E-state index contributed by atoms with van der Waals surface area (Å²) < 4.78 is 0. The molecule has 0 aliphatic carbocycles. The molecule has 2 aromatic rings. The number of anilines is 2. The molecule has 0 unspecified atom stereocenters. The van der Waals surface area contributed by atoms with E-state index in [1.165, 1.54) is 19.3 Å². The van der Waals surface area contributed by atoms with Crippen LogP contribution in [0.5, 0.6) is 0 Å². The fraction of sp³-hybridized carbons (Fsp3) is 0.318. The Morgan fingerprint density at radius 1 is 0.964 bits per heavy atom. The number of carbonyl (C=O) groups excluding carboxylic acids is 3. The number of hydrogen-bond donors (Lipinski definition) is 1. The number of fused-ring (bicyclic) bond motifs is 1. The molecule has 0 spiro atoms. The van der Waals surface area contributed by atoms with Crippen molar-refractivity contribution in [1.29, 1.82) is 0 Å². The molecular weight excluding hydrogens is 354 g/mol. The van der Waals surface area contributed by atoms with Gasteiger partial charge in [-0.05, 0) is 56.0 Å². The molecule has 0 saturated carbocycles. The zero-order valence-corrected chi connectivity index (χ0v) is 15.9. The highest BCUT2D eigenvalue weighted by atomic mass is 16.2. The number of amides is 3. The van der Waals surface area contributed by atoms with Crippen LogP contribution in [0, 0.1) is 6.92 Å². The van der Waals surface area contributed by atoms with Crippen LogP contribution in [0.15, 0.2) is 42.5 Å². The summed E-state index contributed by atoms with van der Waals surface area (Å²) in [4.78, 5) is 40.8. The lowest BCUT2D eigenvalue weighted by Gasteiger charge is -2.29. The third-order valence-electron chi connectivity index (χ3n) is 5.40. The largest absolute Gasteiger partial charge is 0.371 e. The first-order valence-corrected chi connectivity index (χ1v) is 9.65. The third kappa shape index (κ3) is 3.38. The van der Waals surface area contributed by atoms with Crippen molar-refractivity contribution in [3.05, 3.63) is 59.2 Å². The molecule has 2 heterocycles. The topological polar surface area (TPSA) is 69.7 Å². The van der Waals surface area contributed by atoms with Crippen molar-refractivity contribution < 1.29 is 14.4 Å². The van der Waals surface area contributed by atoms with Gasteiger partial charge in [-0.1, -0.05) is 18.2 Å². The summed E-state index contributed by atoms with van der Waals surface area (Å²) in [5.41, 5.74) is 3.44. The fourth-order valence-corrected chi connectivity index (χ4v) is 3.81. The molecule has 28 heavy (non-hydrogen) atoms. The number of imide groups is 1. The van der Waals surface area contributed by atoms with Crippen molar-refractivity contribution >= 4 is 29.1 Å². The van der Waals surface area contributed by atoms with Gasteiger partial charge in [0.2, 0.25) is 5.91 Å². The molecule has 144 valence electrons. The molecule has 6 heteroatoms. The Kier molecular flexibility index (Phi) is 4.86. The zero-order valence-electron chi connectivity index (χ0n) is 15.9. The van der Waals surface area contributed by atoms with E-state index in [1.807, 2.05) is 19.1 Å². The maximum atomic E-state index is 12.6. The molecule has 2 aliphatic heterocycles. The maximum absolute atomic E-state index is 12.6. The maximum Gasteiger partial charge on any atom is 0.262 e.